The highest BCUT2D eigenvalue weighted by Crippen LogP contribution is 2.31. The number of halogens is 3. The number of carbonyl (C=O) groups is 2. The number of benzene rings is 2. The average Bonchev–Trinajstić information content (AvgIpc) is 3.19. The molecule has 2 saturated heterocycles. The van der Waals surface area contributed by atoms with Crippen molar-refractivity contribution in [3.63, 3.8) is 0 Å². The number of nitrogens with zero attached hydrogens (tertiary/aromatic N) is 2. The zero-order valence-electron chi connectivity index (χ0n) is 17.0. The van der Waals surface area contributed by atoms with Crippen LogP contribution in [0.5, 0.6) is 0 Å². The second-order valence-electron chi connectivity index (χ2n) is 8.07. The van der Waals surface area contributed by atoms with E-state index in [9.17, 15) is 22.8 Å². The molecule has 1 unspecified atom stereocenters. The molecule has 5 nitrogen and oxygen atoms in total. The highest BCUT2D eigenvalue weighted by atomic mass is 19.4. The zero-order chi connectivity index (χ0) is 22.0. The van der Waals surface area contributed by atoms with Crippen LogP contribution in [0.15, 0.2) is 48.5 Å². The lowest BCUT2D eigenvalue weighted by molar-refractivity contribution is -0.137. The molecular weight excluding hydrogens is 407 g/mol. The van der Waals surface area contributed by atoms with Crippen LogP contribution in [-0.2, 0) is 12.7 Å². The molecule has 2 aromatic carbocycles. The fourth-order valence-corrected chi connectivity index (χ4v) is 4.26. The molecule has 4 rings (SSSR count). The van der Waals surface area contributed by atoms with Gasteiger partial charge in [0.25, 0.3) is 0 Å². The van der Waals surface area contributed by atoms with Crippen molar-refractivity contribution >= 4 is 17.5 Å². The molecule has 0 bridgehead atoms. The quantitative estimate of drug-likeness (QED) is 0.717. The number of nitrogens with one attached hydrogen (secondary N) is 1. The third kappa shape index (κ3) is 4.90. The molecule has 2 heterocycles. The number of carbonyl (C=O) groups excluding carboxylic acids is 2. The fraction of sp³-hybridized carbons (Fsp3) is 0.391. The first-order valence-corrected chi connectivity index (χ1v) is 10.4. The standard InChI is InChI=1S/C23H24F3N3O2/c24-23(25,26)19-5-1-3-17(13-19)21(30)18-4-2-11-28(15-18)14-16-6-8-20(9-7-16)29-12-10-27-22(29)31/h1,3,5-9,13,18H,2,4,10-12,14-15H2,(H,27,31). The first kappa shape index (κ1) is 21.4. The van der Waals surface area contributed by atoms with Gasteiger partial charge in [-0.3, -0.25) is 14.6 Å². The van der Waals surface area contributed by atoms with Crippen molar-refractivity contribution in [1.82, 2.24) is 10.2 Å². The zero-order valence-corrected chi connectivity index (χ0v) is 17.0. The van der Waals surface area contributed by atoms with Crippen LogP contribution in [0.1, 0.15) is 34.3 Å². The van der Waals surface area contributed by atoms with Gasteiger partial charge in [-0.05, 0) is 49.2 Å². The number of alkyl halides is 3. The van der Waals surface area contributed by atoms with E-state index in [1.165, 1.54) is 12.1 Å². The third-order valence-corrected chi connectivity index (χ3v) is 5.86. The Morgan fingerprint density at radius 2 is 1.87 bits per heavy atom. The van der Waals surface area contributed by atoms with Gasteiger partial charge in [-0.2, -0.15) is 13.2 Å². The molecule has 2 amide bonds. The lowest BCUT2D eigenvalue weighted by Crippen LogP contribution is -2.38. The number of anilines is 1. The maximum absolute atomic E-state index is 13.0. The number of urea groups is 1. The maximum Gasteiger partial charge on any atom is 0.416 e. The summed E-state index contributed by atoms with van der Waals surface area (Å²) >= 11 is 0. The minimum Gasteiger partial charge on any atom is -0.336 e. The first-order valence-electron chi connectivity index (χ1n) is 10.4. The summed E-state index contributed by atoms with van der Waals surface area (Å²) in [4.78, 5) is 28.5. The Labute approximate surface area is 178 Å². The summed E-state index contributed by atoms with van der Waals surface area (Å²) in [6, 6.07) is 12.4. The molecule has 164 valence electrons. The summed E-state index contributed by atoms with van der Waals surface area (Å²) < 4.78 is 38.9. The molecule has 0 spiro atoms. The SMILES string of the molecule is O=C(c1cccc(C(F)(F)F)c1)C1CCCN(Cc2ccc(N3CCNC3=O)cc2)C1. The Kier molecular flexibility index (Phi) is 6.00. The van der Waals surface area contributed by atoms with Gasteiger partial charge in [0, 0.05) is 43.3 Å². The average molecular weight is 431 g/mol. The number of rotatable bonds is 5. The molecule has 2 fully saturated rings. The van der Waals surface area contributed by atoms with E-state index in [0.717, 1.165) is 36.3 Å². The van der Waals surface area contributed by atoms with Crippen molar-refractivity contribution in [3.05, 3.63) is 65.2 Å². The van der Waals surface area contributed by atoms with Gasteiger partial charge in [0.05, 0.1) is 5.56 Å². The predicted molar refractivity (Wildman–Crippen MR) is 111 cm³/mol. The van der Waals surface area contributed by atoms with Crippen LogP contribution in [0.25, 0.3) is 0 Å². The molecule has 31 heavy (non-hydrogen) atoms. The Bertz CT molecular complexity index is 959. The van der Waals surface area contributed by atoms with Crippen molar-refractivity contribution in [1.29, 1.82) is 0 Å². The van der Waals surface area contributed by atoms with E-state index in [-0.39, 0.29) is 23.3 Å². The van der Waals surface area contributed by atoms with Gasteiger partial charge in [-0.15, -0.1) is 0 Å². The Morgan fingerprint density at radius 1 is 1.10 bits per heavy atom. The number of likely N-dealkylation sites (tertiary alicyclic amines) is 1. The van der Waals surface area contributed by atoms with Gasteiger partial charge in [-0.25, -0.2) is 4.79 Å². The van der Waals surface area contributed by atoms with E-state index in [2.05, 4.69) is 10.2 Å². The summed E-state index contributed by atoms with van der Waals surface area (Å²) in [6.07, 6.45) is -2.97. The van der Waals surface area contributed by atoms with E-state index >= 15 is 0 Å². The van der Waals surface area contributed by atoms with Crippen LogP contribution in [0.4, 0.5) is 23.7 Å². The summed E-state index contributed by atoms with van der Waals surface area (Å²) in [6.45, 7) is 3.28. The number of hydrogen-bond donors (Lipinski definition) is 1. The van der Waals surface area contributed by atoms with Crippen LogP contribution >= 0.6 is 0 Å². The lowest BCUT2D eigenvalue weighted by atomic mass is 9.89. The van der Waals surface area contributed by atoms with Crippen molar-refractivity contribution < 1.29 is 22.8 Å². The molecule has 0 aliphatic carbocycles. The van der Waals surface area contributed by atoms with Crippen molar-refractivity contribution in [2.75, 3.05) is 31.1 Å². The van der Waals surface area contributed by atoms with Crippen molar-refractivity contribution in [2.24, 2.45) is 5.92 Å². The Balaban J connectivity index is 1.39. The monoisotopic (exact) mass is 431 g/mol. The van der Waals surface area contributed by atoms with Crippen LogP contribution in [0.2, 0.25) is 0 Å². The molecule has 1 atom stereocenters. The van der Waals surface area contributed by atoms with Gasteiger partial charge in [0.15, 0.2) is 5.78 Å². The van der Waals surface area contributed by atoms with Crippen molar-refractivity contribution in [3.8, 4) is 0 Å². The molecule has 8 heteroatoms. The van der Waals surface area contributed by atoms with E-state index in [4.69, 9.17) is 0 Å². The minimum atomic E-state index is -4.46. The number of amides is 2. The van der Waals surface area contributed by atoms with Crippen molar-refractivity contribution in [2.45, 2.75) is 25.6 Å². The smallest absolute Gasteiger partial charge is 0.336 e. The fourth-order valence-electron chi connectivity index (χ4n) is 4.26. The predicted octanol–water partition coefficient (Wildman–Crippen LogP) is 4.33. The largest absolute Gasteiger partial charge is 0.416 e. The molecule has 0 saturated carbocycles. The van der Waals surface area contributed by atoms with Gasteiger partial charge in [0.2, 0.25) is 0 Å². The molecule has 2 aromatic rings. The molecular formula is C23H24F3N3O2. The third-order valence-electron chi connectivity index (χ3n) is 5.86. The van der Waals surface area contributed by atoms with E-state index in [1.54, 1.807) is 4.90 Å². The van der Waals surface area contributed by atoms with Crippen LogP contribution in [0, 0.1) is 5.92 Å². The molecule has 0 radical (unpaired) electrons. The second kappa shape index (κ2) is 8.70. The van der Waals surface area contributed by atoms with Gasteiger partial charge in [-0.1, -0.05) is 24.3 Å². The van der Waals surface area contributed by atoms with E-state index in [1.807, 2.05) is 24.3 Å². The van der Waals surface area contributed by atoms with Gasteiger partial charge in [0.1, 0.15) is 0 Å². The number of ketones is 1. The Morgan fingerprint density at radius 3 is 2.55 bits per heavy atom. The highest BCUT2D eigenvalue weighted by Gasteiger charge is 2.32. The highest BCUT2D eigenvalue weighted by molar-refractivity contribution is 5.98. The molecule has 2 aliphatic heterocycles. The molecule has 2 aliphatic rings. The van der Waals surface area contributed by atoms with Crippen LogP contribution in [-0.4, -0.2) is 42.9 Å². The maximum atomic E-state index is 13.0. The summed E-state index contributed by atoms with van der Waals surface area (Å²) in [5.74, 6) is -0.545. The number of hydrogen-bond acceptors (Lipinski definition) is 3. The van der Waals surface area contributed by atoms with Crippen LogP contribution < -0.4 is 10.2 Å². The second-order valence-corrected chi connectivity index (χ2v) is 8.07. The van der Waals surface area contributed by atoms with Gasteiger partial charge < -0.3 is 5.32 Å². The summed E-state index contributed by atoms with van der Waals surface area (Å²) in [5, 5.41) is 2.77. The minimum absolute atomic E-state index is 0.0975. The van der Waals surface area contributed by atoms with Crippen LogP contribution in [0.3, 0.4) is 0 Å². The lowest BCUT2D eigenvalue weighted by Gasteiger charge is -2.32. The summed E-state index contributed by atoms with van der Waals surface area (Å²) in [7, 11) is 0. The molecule has 1 N–H and O–H groups in total. The van der Waals surface area contributed by atoms with Gasteiger partial charge >= 0.3 is 12.2 Å². The Hall–Kier alpha value is -2.87. The molecule has 0 aromatic heterocycles. The first-order chi connectivity index (χ1) is 14.8. The van der Waals surface area contributed by atoms with E-state index < -0.39 is 11.7 Å². The topological polar surface area (TPSA) is 52.7 Å². The number of piperidine rings is 1. The normalized spacial score (nSPS) is 20.0. The number of Topliss-reactive ketones (excluding diaryl/α,β-unsaturated/α-hetero) is 1. The summed E-state index contributed by atoms with van der Waals surface area (Å²) in [5.41, 5.74) is 1.23. The van der Waals surface area contributed by atoms with E-state index in [0.29, 0.717) is 32.6 Å².